The Balaban J connectivity index is 1.99. The summed E-state index contributed by atoms with van der Waals surface area (Å²) in [5.74, 6) is 2.91. The van der Waals surface area contributed by atoms with Crippen molar-refractivity contribution < 1.29 is 4.42 Å². The predicted octanol–water partition coefficient (Wildman–Crippen LogP) is 2.96. The predicted molar refractivity (Wildman–Crippen MR) is 72.4 cm³/mol. The van der Waals surface area contributed by atoms with E-state index in [-0.39, 0.29) is 0 Å². The van der Waals surface area contributed by atoms with Crippen molar-refractivity contribution in [2.24, 2.45) is 5.73 Å². The van der Waals surface area contributed by atoms with Gasteiger partial charge in [0.25, 0.3) is 0 Å². The van der Waals surface area contributed by atoms with Crippen molar-refractivity contribution in [1.29, 1.82) is 0 Å². The van der Waals surface area contributed by atoms with Crippen molar-refractivity contribution >= 4 is 0 Å². The molecule has 2 aromatic heterocycles. The largest absolute Gasteiger partial charge is 0.466 e. The molecule has 3 N–H and O–H groups in total. The number of hydrogen-bond acceptors (Lipinski definition) is 3. The Bertz CT molecular complexity index is 499. The van der Waals surface area contributed by atoms with Crippen LogP contribution >= 0.6 is 0 Å². The number of unbranched alkanes of at least 4 members (excludes halogenated alkanes) is 2. The molecule has 2 heterocycles. The number of imidazole rings is 1. The van der Waals surface area contributed by atoms with E-state index in [2.05, 4.69) is 9.97 Å². The molecule has 0 saturated heterocycles. The quantitative estimate of drug-likeness (QED) is 0.771. The van der Waals surface area contributed by atoms with Gasteiger partial charge in [0.2, 0.25) is 0 Å². The van der Waals surface area contributed by atoms with E-state index in [0.717, 1.165) is 60.8 Å². The zero-order valence-electron chi connectivity index (χ0n) is 11.1. The second-order valence-electron chi connectivity index (χ2n) is 4.67. The maximum atomic E-state index is 5.53. The third-order valence-corrected chi connectivity index (χ3v) is 3.08. The summed E-state index contributed by atoms with van der Waals surface area (Å²) in [6, 6.07) is 2.04. The fourth-order valence-electron chi connectivity index (χ4n) is 2.14. The fraction of sp³-hybridized carbons (Fsp3) is 0.500. The highest BCUT2D eigenvalue weighted by Crippen LogP contribution is 2.25. The van der Waals surface area contributed by atoms with Gasteiger partial charge in [-0.3, -0.25) is 0 Å². The molecular weight excluding hydrogens is 226 g/mol. The van der Waals surface area contributed by atoms with Crippen molar-refractivity contribution in [3.63, 3.8) is 0 Å². The molecule has 0 aromatic carbocycles. The average molecular weight is 247 g/mol. The smallest absolute Gasteiger partial charge is 0.110 e. The lowest BCUT2D eigenvalue weighted by atomic mass is 10.2. The van der Waals surface area contributed by atoms with Crippen molar-refractivity contribution in [2.75, 3.05) is 6.54 Å². The maximum absolute atomic E-state index is 5.53. The van der Waals surface area contributed by atoms with E-state index in [1.54, 1.807) is 0 Å². The number of aromatic nitrogens is 2. The van der Waals surface area contributed by atoms with Gasteiger partial charge in [-0.2, -0.15) is 0 Å². The number of rotatable bonds is 6. The molecule has 2 aromatic rings. The highest BCUT2D eigenvalue weighted by molar-refractivity contribution is 5.61. The van der Waals surface area contributed by atoms with Gasteiger partial charge in [-0.25, -0.2) is 4.98 Å². The van der Waals surface area contributed by atoms with Crippen LogP contribution in [0.4, 0.5) is 0 Å². The lowest BCUT2D eigenvalue weighted by molar-refractivity contribution is 0.505. The Morgan fingerprint density at radius 1 is 1.28 bits per heavy atom. The Kier molecular flexibility index (Phi) is 4.20. The van der Waals surface area contributed by atoms with Crippen molar-refractivity contribution in [3.8, 4) is 11.3 Å². The molecule has 4 heteroatoms. The average Bonchev–Trinajstić information content (AvgIpc) is 2.91. The highest BCUT2D eigenvalue weighted by atomic mass is 16.3. The van der Waals surface area contributed by atoms with Gasteiger partial charge < -0.3 is 15.1 Å². The van der Waals surface area contributed by atoms with Crippen LogP contribution in [0.3, 0.4) is 0 Å². The molecular formula is C14H21N3O. The summed E-state index contributed by atoms with van der Waals surface area (Å²) in [5.41, 5.74) is 7.62. The van der Waals surface area contributed by atoms with E-state index in [0.29, 0.717) is 0 Å². The van der Waals surface area contributed by atoms with Gasteiger partial charge >= 0.3 is 0 Å². The first-order valence-electron chi connectivity index (χ1n) is 6.52. The van der Waals surface area contributed by atoms with Crippen LogP contribution in [0.1, 0.15) is 36.6 Å². The Labute approximate surface area is 108 Å². The molecule has 0 atom stereocenters. The maximum Gasteiger partial charge on any atom is 0.110 e. The van der Waals surface area contributed by atoms with Crippen LogP contribution in [0.15, 0.2) is 16.7 Å². The van der Waals surface area contributed by atoms with Crippen molar-refractivity contribution in [3.05, 3.63) is 29.6 Å². The minimum atomic E-state index is 0.775. The van der Waals surface area contributed by atoms with Gasteiger partial charge in [0.15, 0.2) is 0 Å². The van der Waals surface area contributed by atoms with Gasteiger partial charge in [-0.15, -0.1) is 0 Å². The lowest BCUT2D eigenvalue weighted by Gasteiger charge is -1.97. The first kappa shape index (κ1) is 12.9. The monoisotopic (exact) mass is 247 g/mol. The molecule has 0 unspecified atom stereocenters. The van der Waals surface area contributed by atoms with Crippen LogP contribution in [0.5, 0.6) is 0 Å². The summed E-state index contributed by atoms with van der Waals surface area (Å²) in [6.07, 6.45) is 6.25. The molecule has 0 fully saturated rings. The SMILES string of the molecule is Cc1cc(-c2cnc(CCCCCN)[nH]2)c(C)o1. The van der Waals surface area contributed by atoms with Crippen LogP contribution in [-0.2, 0) is 6.42 Å². The molecule has 0 radical (unpaired) electrons. The summed E-state index contributed by atoms with van der Waals surface area (Å²) >= 11 is 0. The number of H-pyrrole nitrogens is 1. The molecule has 2 rings (SSSR count). The zero-order chi connectivity index (χ0) is 13.0. The number of nitrogens with two attached hydrogens (primary N) is 1. The Morgan fingerprint density at radius 3 is 2.78 bits per heavy atom. The van der Waals surface area contributed by atoms with E-state index in [1.165, 1.54) is 0 Å². The van der Waals surface area contributed by atoms with Gasteiger partial charge in [-0.1, -0.05) is 6.42 Å². The molecule has 0 aliphatic carbocycles. The number of nitrogens with zero attached hydrogens (tertiary/aromatic N) is 1. The Morgan fingerprint density at radius 2 is 2.11 bits per heavy atom. The first-order valence-corrected chi connectivity index (χ1v) is 6.52. The van der Waals surface area contributed by atoms with Gasteiger partial charge in [0.05, 0.1) is 11.9 Å². The minimum absolute atomic E-state index is 0.775. The molecule has 0 aliphatic heterocycles. The van der Waals surface area contributed by atoms with E-state index >= 15 is 0 Å². The third-order valence-electron chi connectivity index (χ3n) is 3.08. The summed E-state index contributed by atoms with van der Waals surface area (Å²) in [6.45, 7) is 4.71. The van der Waals surface area contributed by atoms with Gasteiger partial charge in [0.1, 0.15) is 17.3 Å². The summed E-state index contributed by atoms with van der Waals surface area (Å²) < 4.78 is 5.53. The number of furan rings is 1. The number of aryl methyl sites for hydroxylation is 3. The summed E-state index contributed by atoms with van der Waals surface area (Å²) in [4.78, 5) is 7.77. The second kappa shape index (κ2) is 5.87. The number of nitrogens with one attached hydrogen (secondary N) is 1. The molecule has 18 heavy (non-hydrogen) atoms. The van der Waals surface area contributed by atoms with Crippen LogP contribution in [-0.4, -0.2) is 16.5 Å². The molecule has 0 aliphatic rings. The van der Waals surface area contributed by atoms with E-state index in [9.17, 15) is 0 Å². The number of hydrogen-bond donors (Lipinski definition) is 2. The van der Waals surface area contributed by atoms with E-state index in [1.807, 2.05) is 26.1 Å². The number of aromatic amines is 1. The lowest BCUT2D eigenvalue weighted by Crippen LogP contribution is -1.98. The highest BCUT2D eigenvalue weighted by Gasteiger charge is 2.09. The van der Waals surface area contributed by atoms with Crippen molar-refractivity contribution in [1.82, 2.24) is 9.97 Å². The summed E-state index contributed by atoms with van der Waals surface area (Å²) in [5, 5.41) is 0. The third kappa shape index (κ3) is 3.01. The summed E-state index contributed by atoms with van der Waals surface area (Å²) in [7, 11) is 0. The van der Waals surface area contributed by atoms with Gasteiger partial charge in [0, 0.05) is 12.0 Å². The fourth-order valence-corrected chi connectivity index (χ4v) is 2.14. The molecule has 0 spiro atoms. The zero-order valence-corrected chi connectivity index (χ0v) is 11.1. The normalized spacial score (nSPS) is 11.1. The van der Waals surface area contributed by atoms with Crippen LogP contribution in [0.2, 0.25) is 0 Å². The Hall–Kier alpha value is -1.55. The van der Waals surface area contributed by atoms with Crippen LogP contribution in [0.25, 0.3) is 11.3 Å². The van der Waals surface area contributed by atoms with E-state index < -0.39 is 0 Å². The minimum Gasteiger partial charge on any atom is -0.466 e. The van der Waals surface area contributed by atoms with E-state index in [4.69, 9.17) is 10.2 Å². The molecule has 0 bridgehead atoms. The van der Waals surface area contributed by atoms with Crippen molar-refractivity contribution in [2.45, 2.75) is 39.5 Å². The van der Waals surface area contributed by atoms with Crippen LogP contribution < -0.4 is 5.73 Å². The topological polar surface area (TPSA) is 67.8 Å². The first-order chi connectivity index (χ1) is 8.70. The van der Waals surface area contributed by atoms with Gasteiger partial charge in [-0.05, 0) is 39.3 Å². The molecule has 4 nitrogen and oxygen atoms in total. The standard InChI is InChI=1S/C14H21N3O/c1-10-8-12(11(2)18-10)13-9-16-14(17-13)6-4-3-5-7-15/h8-9H,3-7,15H2,1-2H3,(H,16,17). The second-order valence-corrected chi connectivity index (χ2v) is 4.67. The molecule has 0 saturated carbocycles. The molecule has 0 amide bonds. The van der Waals surface area contributed by atoms with Crippen LogP contribution in [0, 0.1) is 13.8 Å². The molecule has 98 valence electrons.